The van der Waals surface area contributed by atoms with E-state index in [2.05, 4.69) is 29.2 Å². The molecule has 0 spiro atoms. The van der Waals surface area contributed by atoms with Crippen molar-refractivity contribution < 1.29 is 14.3 Å². The van der Waals surface area contributed by atoms with Crippen molar-refractivity contribution in [2.24, 2.45) is 0 Å². The number of nitrogens with zero attached hydrogens (tertiary/aromatic N) is 3. The Balaban J connectivity index is 1.44. The monoisotopic (exact) mass is 501 g/mol. The van der Waals surface area contributed by atoms with Crippen molar-refractivity contribution in [3.63, 3.8) is 0 Å². The smallest absolute Gasteiger partial charge is 0.229 e. The Kier molecular flexibility index (Phi) is 7.91. The minimum Gasteiger partial charge on any atom is -0.497 e. The van der Waals surface area contributed by atoms with E-state index in [4.69, 9.17) is 14.5 Å². The highest BCUT2D eigenvalue weighted by molar-refractivity contribution is 7.22. The molecular weight excluding hydrogens is 470 g/mol. The standard InChI is InChI=1S/C29H31N3O3S/c1-34-24-12-13-26-27(20-24)36-29(30-26)32(15-14-31-16-18-35-19-17-31)28(33)21-25(22-8-4-2-5-9-22)23-10-6-3-7-11-23/h2-13,20,25H,14-19,21H2,1H3. The van der Waals surface area contributed by atoms with E-state index in [-0.39, 0.29) is 11.8 Å². The highest BCUT2D eigenvalue weighted by Crippen LogP contribution is 2.34. The van der Waals surface area contributed by atoms with Crippen LogP contribution in [0.3, 0.4) is 0 Å². The minimum atomic E-state index is -0.0275. The number of benzene rings is 3. The molecule has 36 heavy (non-hydrogen) atoms. The van der Waals surface area contributed by atoms with E-state index in [1.54, 1.807) is 7.11 Å². The Morgan fingerprint density at radius 2 is 1.69 bits per heavy atom. The number of hydrogen-bond donors (Lipinski definition) is 0. The molecule has 1 amide bonds. The van der Waals surface area contributed by atoms with Crippen LogP contribution in [0.25, 0.3) is 10.2 Å². The largest absolute Gasteiger partial charge is 0.497 e. The lowest BCUT2D eigenvalue weighted by Crippen LogP contribution is -2.43. The SMILES string of the molecule is COc1ccc2nc(N(CCN3CCOCC3)C(=O)CC(c3ccccc3)c3ccccc3)sc2c1. The molecule has 1 aliphatic heterocycles. The van der Waals surface area contributed by atoms with E-state index in [0.717, 1.165) is 65.1 Å². The second-order valence-electron chi connectivity index (χ2n) is 8.91. The van der Waals surface area contributed by atoms with E-state index in [1.165, 1.54) is 11.3 Å². The molecule has 1 saturated heterocycles. The normalized spacial score (nSPS) is 14.3. The fourth-order valence-electron chi connectivity index (χ4n) is 4.61. The Morgan fingerprint density at radius 1 is 1.03 bits per heavy atom. The molecule has 0 bridgehead atoms. The predicted molar refractivity (Wildman–Crippen MR) is 145 cm³/mol. The zero-order valence-corrected chi connectivity index (χ0v) is 21.3. The number of thiazole rings is 1. The number of carbonyl (C=O) groups is 1. The fraction of sp³-hybridized carbons (Fsp3) is 0.310. The number of anilines is 1. The molecule has 0 saturated carbocycles. The first kappa shape index (κ1) is 24.4. The van der Waals surface area contributed by atoms with E-state index in [0.29, 0.717) is 13.0 Å². The van der Waals surface area contributed by atoms with Gasteiger partial charge in [0.25, 0.3) is 0 Å². The summed E-state index contributed by atoms with van der Waals surface area (Å²) in [4.78, 5) is 23.1. The van der Waals surface area contributed by atoms with Crippen molar-refractivity contribution in [3.05, 3.63) is 90.0 Å². The van der Waals surface area contributed by atoms with Gasteiger partial charge in [-0.2, -0.15) is 0 Å². The second-order valence-corrected chi connectivity index (χ2v) is 9.92. The molecule has 186 valence electrons. The second kappa shape index (κ2) is 11.6. The number of fused-ring (bicyclic) bond motifs is 1. The molecule has 1 fully saturated rings. The van der Waals surface area contributed by atoms with Crippen molar-refractivity contribution in [1.82, 2.24) is 9.88 Å². The summed E-state index contributed by atoms with van der Waals surface area (Å²) in [5.74, 6) is 0.837. The first-order valence-corrected chi connectivity index (χ1v) is 13.2. The molecule has 0 atom stereocenters. The van der Waals surface area contributed by atoms with E-state index < -0.39 is 0 Å². The van der Waals surface area contributed by atoms with Crippen LogP contribution in [-0.4, -0.2) is 62.3 Å². The van der Waals surface area contributed by atoms with E-state index in [1.807, 2.05) is 59.5 Å². The third-order valence-corrected chi connectivity index (χ3v) is 7.68. The van der Waals surface area contributed by atoms with Gasteiger partial charge in [0.1, 0.15) is 5.75 Å². The van der Waals surface area contributed by atoms with Gasteiger partial charge in [-0.05, 0) is 29.3 Å². The zero-order chi connectivity index (χ0) is 24.7. The number of aromatic nitrogens is 1. The van der Waals surface area contributed by atoms with Gasteiger partial charge < -0.3 is 9.47 Å². The summed E-state index contributed by atoms with van der Waals surface area (Å²) >= 11 is 1.54. The van der Waals surface area contributed by atoms with Gasteiger partial charge in [0.2, 0.25) is 5.91 Å². The number of ether oxygens (including phenoxy) is 2. The van der Waals surface area contributed by atoms with Crippen molar-refractivity contribution in [2.75, 3.05) is 51.4 Å². The van der Waals surface area contributed by atoms with Crippen molar-refractivity contribution in [2.45, 2.75) is 12.3 Å². The highest BCUT2D eigenvalue weighted by atomic mass is 32.1. The van der Waals surface area contributed by atoms with Crippen LogP contribution in [0.1, 0.15) is 23.5 Å². The highest BCUT2D eigenvalue weighted by Gasteiger charge is 2.26. The number of hydrogen-bond acceptors (Lipinski definition) is 6. The topological polar surface area (TPSA) is 54.9 Å². The lowest BCUT2D eigenvalue weighted by Gasteiger charge is -2.30. The average molecular weight is 502 g/mol. The molecule has 6 nitrogen and oxygen atoms in total. The van der Waals surface area contributed by atoms with E-state index >= 15 is 0 Å². The molecule has 3 aromatic carbocycles. The summed E-state index contributed by atoms with van der Waals surface area (Å²) in [5, 5.41) is 0.733. The molecule has 0 N–H and O–H groups in total. The molecular formula is C29H31N3O3S. The van der Waals surface area contributed by atoms with Gasteiger partial charge in [0, 0.05) is 38.5 Å². The number of methoxy groups -OCH3 is 1. The van der Waals surface area contributed by atoms with Crippen LogP contribution in [-0.2, 0) is 9.53 Å². The van der Waals surface area contributed by atoms with Crippen molar-refractivity contribution in [1.29, 1.82) is 0 Å². The maximum Gasteiger partial charge on any atom is 0.229 e. The van der Waals surface area contributed by atoms with Gasteiger partial charge in [-0.3, -0.25) is 14.6 Å². The third kappa shape index (κ3) is 5.75. The van der Waals surface area contributed by atoms with Crippen LogP contribution in [0.15, 0.2) is 78.9 Å². The van der Waals surface area contributed by atoms with Crippen LogP contribution in [0.5, 0.6) is 5.75 Å². The van der Waals surface area contributed by atoms with Crippen molar-refractivity contribution >= 4 is 32.6 Å². The summed E-state index contributed by atoms with van der Waals surface area (Å²) in [5.41, 5.74) is 3.15. The average Bonchev–Trinajstić information content (AvgIpc) is 3.36. The van der Waals surface area contributed by atoms with Crippen LogP contribution >= 0.6 is 11.3 Å². The summed E-state index contributed by atoms with van der Waals surface area (Å²) in [6, 6.07) is 26.4. The van der Waals surface area contributed by atoms with Crippen LogP contribution in [0.2, 0.25) is 0 Å². The minimum absolute atomic E-state index is 0.0275. The summed E-state index contributed by atoms with van der Waals surface area (Å²) in [6.45, 7) is 4.62. The van der Waals surface area contributed by atoms with E-state index in [9.17, 15) is 4.79 Å². The molecule has 0 radical (unpaired) electrons. The molecule has 0 unspecified atom stereocenters. The molecule has 7 heteroatoms. The van der Waals surface area contributed by atoms with Gasteiger partial charge in [0.05, 0.1) is 30.5 Å². The molecule has 1 aromatic heterocycles. The Labute approximate surface area is 216 Å². The predicted octanol–water partition coefficient (Wildman–Crippen LogP) is 5.19. The van der Waals surface area contributed by atoms with Gasteiger partial charge in [-0.15, -0.1) is 0 Å². The van der Waals surface area contributed by atoms with Gasteiger partial charge in [-0.25, -0.2) is 4.98 Å². The molecule has 4 aromatic rings. The van der Waals surface area contributed by atoms with Crippen LogP contribution < -0.4 is 9.64 Å². The lowest BCUT2D eigenvalue weighted by molar-refractivity contribution is -0.118. The van der Waals surface area contributed by atoms with Crippen molar-refractivity contribution in [3.8, 4) is 5.75 Å². The molecule has 1 aliphatic rings. The number of carbonyl (C=O) groups excluding carboxylic acids is 1. The number of amides is 1. The van der Waals surface area contributed by atoms with Gasteiger partial charge >= 0.3 is 0 Å². The Hall–Kier alpha value is -3.26. The summed E-state index contributed by atoms with van der Waals surface area (Å²) < 4.78 is 11.9. The number of rotatable bonds is 9. The van der Waals surface area contributed by atoms with Gasteiger partial charge in [-0.1, -0.05) is 72.0 Å². The number of morpholine rings is 1. The Bertz CT molecular complexity index is 1230. The maximum atomic E-state index is 14.0. The quantitative estimate of drug-likeness (QED) is 0.316. The Morgan fingerprint density at radius 3 is 2.33 bits per heavy atom. The van der Waals surface area contributed by atoms with Crippen LogP contribution in [0.4, 0.5) is 5.13 Å². The molecule has 2 heterocycles. The fourth-order valence-corrected chi connectivity index (χ4v) is 5.65. The van der Waals surface area contributed by atoms with Crippen LogP contribution in [0, 0.1) is 0 Å². The third-order valence-electron chi connectivity index (χ3n) is 6.64. The first-order chi connectivity index (χ1) is 17.7. The van der Waals surface area contributed by atoms with Gasteiger partial charge in [0.15, 0.2) is 5.13 Å². The summed E-state index contributed by atoms with van der Waals surface area (Å²) in [7, 11) is 1.66. The molecule has 5 rings (SSSR count). The zero-order valence-electron chi connectivity index (χ0n) is 20.5. The summed E-state index contributed by atoms with van der Waals surface area (Å²) in [6.07, 6.45) is 0.371. The molecule has 0 aliphatic carbocycles. The maximum absolute atomic E-state index is 14.0. The first-order valence-electron chi connectivity index (χ1n) is 12.4. The lowest BCUT2D eigenvalue weighted by atomic mass is 9.88.